The number of aliphatic carboxylic acids is 2. The van der Waals surface area contributed by atoms with Crippen molar-refractivity contribution in [3.8, 4) is 23.0 Å². The van der Waals surface area contributed by atoms with Crippen molar-refractivity contribution in [3.63, 3.8) is 0 Å². The zero-order chi connectivity index (χ0) is 108. The summed E-state index contributed by atoms with van der Waals surface area (Å²) in [6, 6.07) is 50.2. The number of aryl methyl sites for hydroxylation is 17. The van der Waals surface area contributed by atoms with Crippen LogP contribution >= 0.6 is 41.7 Å². The van der Waals surface area contributed by atoms with E-state index >= 15 is 0 Å². The van der Waals surface area contributed by atoms with Crippen LogP contribution in [0.1, 0.15) is 262 Å². The van der Waals surface area contributed by atoms with E-state index in [0.717, 1.165) is 83.7 Å². The highest BCUT2D eigenvalue weighted by molar-refractivity contribution is 7.81. The Kier molecular flexibility index (Phi) is 66.2. The molecule has 2 aliphatic heterocycles. The van der Waals surface area contributed by atoms with Gasteiger partial charge in [-0.2, -0.15) is 0 Å². The van der Waals surface area contributed by atoms with Gasteiger partial charge in [0.25, 0.3) is 15.6 Å². The Bertz CT molecular complexity index is 5020. The molecule has 2 saturated heterocycles. The smallest absolute Gasteiger partial charge is 0.474 e. The fourth-order valence-corrected chi connectivity index (χ4v) is 18.3. The van der Waals surface area contributed by atoms with Crippen LogP contribution < -0.4 is 9.79 Å². The number of carbonyl (C=O) groups is 3. The summed E-state index contributed by atoms with van der Waals surface area (Å²) >= 11 is 5.08. The first kappa shape index (κ1) is 131. The lowest BCUT2D eigenvalue weighted by molar-refractivity contribution is -0.890. The highest BCUT2D eigenvalue weighted by atomic mass is 35.7. The molecule has 7 N–H and O–H groups in total. The van der Waals surface area contributed by atoms with E-state index in [-0.39, 0.29) is 74.8 Å². The number of rotatable bonds is 55. The third-order valence-electron chi connectivity index (χ3n) is 24.5. The van der Waals surface area contributed by atoms with Crippen molar-refractivity contribution in [2.45, 2.75) is 282 Å². The number of nitrogens with zero attached hydrogens (tertiary/aromatic N) is 2. The second-order valence-electron chi connectivity index (χ2n) is 38.3. The second kappa shape index (κ2) is 73.2. The summed E-state index contributed by atoms with van der Waals surface area (Å²) in [4.78, 5) is 56.2. The number of likely N-dealkylation sites (N-methyl/N-ethyl adjacent to an activating group) is 2. The molecule has 8 aromatic carbocycles. The van der Waals surface area contributed by atoms with Crippen molar-refractivity contribution in [1.82, 2.24) is 0 Å². The number of unbranched alkanes of at least 4 members (excludes halogenated alkanes) is 14. The van der Waals surface area contributed by atoms with Crippen LogP contribution in [0.15, 0.2) is 158 Å². The van der Waals surface area contributed by atoms with Gasteiger partial charge >= 0.3 is 32.7 Å². The quantitative estimate of drug-likeness (QED) is 0.00612. The number of phenols is 4. The van der Waals surface area contributed by atoms with Gasteiger partial charge < -0.3 is 77.3 Å². The molecule has 2 atom stereocenters. The number of halogens is 1. The van der Waals surface area contributed by atoms with E-state index in [4.69, 9.17) is 73.2 Å². The Hall–Kier alpha value is -7.98. The molecule has 0 bridgehead atoms. The normalized spacial score (nSPS) is 13.6. The number of carboxylic acids is 2. The lowest BCUT2D eigenvalue weighted by Crippen LogP contribution is -2.43. The molecule has 2 fully saturated rings. The van der Waals surface area contributed by atoms with Crippen molar-refractivity contribution in [2.24, 2.45) is 0 Å². The van der Waals surface area contributed by atoms with Crippen molar-refractivity contribution in [3.05, 3.63) is 258 Å². The van der Waals surface area contributed by atoms with Crippen molar-refractivity contribution in [1.29, 1.82) is 0 Å². The van der Waals surface area contributed by atoms with Crippen LogP contribution in [0.25, 0.3) is 0 Å². The average Bonchev–Trinajstić information content (AvgIpc) is 1.76. The molecular weight excluding hydrogens is 1950 g/mol. The Labute approximate surface area is 870 Å². The van der Waals surface area contributed by atoms with Gasteiger partial charge in [0.2, 0.25) is 0 Å². The van der Waals surface area contributed by atoms with Crippen LogP contribution in [-0.4, -0.2) is 183 Å². The molecule has 812 valence electrons. The molecule has 2 unspecified atom stereocenters. The average molecular weight is 2120 g/mol. The molecule has 0 saturated carbocycles. The predicted molar refractivity (Wildman–Crippen MR) is 575 cm³/mol. The zero-order valence-electron chi connectivity index (χ0n) is 89.3. The summed E-state index contributed by atoms with van der Waals surface area (Å²) in [5.74, 6) is -2.55. The molecule has 10 rings (SSSR count). The number of carbonyl (C=O) groups excluding carboxylic acids is 1. The van der Waals surface area contributed by atoms with E-state index in [0.29, 0.717) is 96.8 Å². The number of hydrogen-bond acceptors (Lipinski definition) is 24. The monoisotopic (exact) mass is 2120 g/mol. The number of benzene rings is 8. The molecule has 0 spiro atoms. The highest BCUT2D eigenvalue weighted by Gasteiger charge is 2.32. The van der Waals surface area contributed by atoms with Crippen LogP contribution in [0.3, 0.4) is 0 Å². The number of quaternary nitrogens is 2. The maximum absolute atomic E-state index is 12.0. The van der Waals surface area contributed by atoms with Gasteiger partial charge in [-0.05, 0) is 290 Å². The van der Waals surface area contributed by atoms with E-state index in [2.05, 4.69) is 192 Å². The van der Waals surface area contributed by atoms with Crippen LogP contribution in [-0.2, 0) is 130 Å². The lowest BCUT2D eigenvalue weighted by Gasteiger charge is -2.31. The van der Waals surface area contributed by atoms with Gasteiger partial charge in [-0.1, -0.05) is 224 Å². The highest BCUT2D eigenvalue weighted by Crippen LogP contribution is 2.56. The molecule has 2 heterocycles. The maximum Gasteiger partial charge on any atom is 0.474 e. The number of phosphoric ester groups is 3. The lowest BCUT2D eigenvalue weighted by atomic mass is 10.0. The first-order valence-electron chi connectivity index (χ1n) is 51.2. The number of carboxylic acid groups (broad SMARTS) is 2. The first-order valence-corrected chi connectivity index (χ1v) is 58.0. The fraction of sp³-hybridized carbons (Fsp3) is 0.545. The molecule has 145 heavy (non-hydrogen) atoms. The summed E-state index contributed by atoms with van der Waals surface area (Å²) in [6.07, 6.45) is 29.0. The molecule has 0 aromatic heterocycles. The standard InChI is InChI=1S/C25H46NO4P.C23H42NO6P.C18H20O2.C13H19O4P.C11H14O2.C11H16O.C9H10O4.C2H4ClO3P/c1-6-7-8-9-10-11-12-13-18-26(4,5)19-21-30-31(27,28)29-20-14-15-25-17-16-23(2)24(3)22-25;1-4-5-6-7-8-9-10-11-16-24(2,3)17-19-30-31(27,28)29-18-12-13-21-14-15-22(25)23(26)20-21;1-14-8-9-16(12-15(14)2)10-11-18(19)20-13-17-6-4-3-5-7-17;1-11-5-6-13(10-12(11)2)4-3-7-15-18(14)16-8-9-17-18;1-8-3-4-10(7-9(8)2)5-6-11(12)13;1-9-5-6-11(4-3-7-12)8-10(9)2;10-7-3-1-6(5-8(7)11)2-4-9(12)13;3-7(4)5-1-2-6-7/h16-17,22H,6-15,18-21H2,1-5H3;14-15,20H,4-13,16-19H2,1-3H3,(H2-,25,26,27,28);3-9,12H,10-11,13H2,1-2H3;5-6,10H,3-4,7-9H2,1-2H3;3-4,7H,5-6H2,1-2H3,(H,12,13);5-6,8,12H,3-4,7H2,1-2H3;1,3,5,10-11H,2,4H2,(H,12,13);1-2H2. The number of ether oxygens (including phenoxy) is 1. The van der Waals surface area contributed by atoms with Crippen molar-refractivity contribution >= 4 is 59.6 Å². The molecule has 0 amide bonds. The molecule has 0 aliphatic carbocycles. The minimum absolute atomic E-state index is 0.0128. The van der Waals surface area contributed by atoms with E-state index in [1.807, 2.05) is 49.4 Å². The topological polar surface area (TPSA) is 400 Å². The summed E-state index contributed by atoms with van der Waals surface area (Å²) in [6.45, 7) is 28.5. The molecule has 33 heteroatoms. The summed E-state index contributed by atoms with van der Waals surface area (Å²) in [7, 11) is -3.31. The van der Waals surface area contributed by atoms with Gasteiger partial charge in [0, 0.05) is 37.1 Å². The molecular formula is C112H171ClN2O26P4. The minimum Gasteiger partial charge on any atom is -0.756 e. The van der Waals surface area contributed by atoms with Crippen LogP contribution in [0, 0.1) is 69.2 Å². The number of hydrogen-bond donors (Lipinski definition) is 7. The van der Waals surface area contributed by atoms with Gasteiger partial charge in [0.15, 0.2) is 23.0 Å². The van der Waals surface area contributed by atoms with E-state index < -0.39 is 42.4 Å². The molecule has 8 aromatic rings. The summed E-state index contributed by atoms with van der Waals surface area (Å²) < 4.78 is 96.7. The minimum atomic E-state index is -4.32. The van der Waals surface area contributed by atoms with E-state index in [9.17, 15) is 52.6 Å². The molecule has 2 aliphatic rings. The third kappa shape index (κ3) is 64.2. The van der Waals surface area contributed by atoms with Crippen LogP contribution in [0.5, 0.6) is 23.0 Å². The van der Waals surface area contributed by atoms with Crippen LogP contribution in [0.4, 0.5) is 0 Å². The van der Waals surface area contributed by atoms with Gasteiger partial charge in [-0.25, -0.2) is 9.13 Å². The largest absolute Gasteiger partial charge is 0.756 e. The Balaban J connectivity index is 0.000000441. The van der Waals surface area contributed by atoms with Gasteiger partial charge in [-0.3, -0.25) is 46.1 Å². The Morgan fingerprint density at radius 2 is 0.648 bits per heavy atom. The van der Waals surface area contributed by atoms with Gasteiger partial charge in [-0.15, -0.1) is 0 Å². The number of aliphatic hydroxyl groups excluding tert-OH is 1. The van der Waals surface area contributed by atoms with Gasteiger partial charge in [0.05, 0.1) is 87.5 Å². The van der Waals surface area contributed by atoms with E-state index in [1.54, 1.807) is 12.1 Å². The number of esters is 1. The van der Waals surface area contributed by atoms with Crippen LogP contribution in [0.2, 0.25) is 0 Å². The predicted octanol–water partition coefficient (Wildman–Crippen LogP) is 25.1. The summed E-state index contributed by atoms with van der Waals surface area (Å²) in [5.41, 5.74) is 21.4. The number of phenolic OH excluding ortho intramolecular Hbond substituents is 4. The third-order valence-corrected chi connectivity index (χ3v) is 29.6. The van der Waals surface area contributed by atoms with Crippen molar-refractivity contribution < 1.29 is 133 Å². The second-order valence-corrected chi connectivity index (χ2v) is 45.4. The number of phosphoric acid groups is 3. The Morgan fingerprint density at radius 3 is 0.972 bits per heavy atom. The number of aromatic hydroxyl groups is 4. The zero-order valence-corrected chi connectivity index (χ0v) is 93.6. The molecule has 0 radical (unpaired) electrons. The number of aliphatic hydroxyl groups is 1. The first-order chi connectivity index (χ1) is 68.7. The van der Waals surface area contributed by atoms with E-state index in [1.165, 1.54) is 198 Å². The van der Waals surface area contributed by atoms with Crippen molar-refractivity contribution in [2.75, 3.05) is 120 Å². The summed E-state index contributed by atoms with van der Waals surface area (Å²) in [5, 5.41) is 62.3. The Morgan fingerprint density at radius 1 is 0.352 bits per heavy atom. The molecule has 28 nitrogen and oxygen atoms in total. The fourth-order valence-electron chi connectivity index (χ4n) is 14.6. The van der Waals surface area contributed by atoms with Gasteiger partial charge in [0.1, 0.15) is 32.9 Å². The SMILES string of the molecule is CCCCCCCCCC[N+](C)(C)CCOP(=O)([O-])OCCCc1ccc(C)c(C)c1.CCCCCCCCCC[N+](C)(C)CCOP(=O)([O-])OCCCc1ccc(O)c(O)c1.Cc1ccc(CCC(=O)O)cc1C.Cc1ccc(CCC(=O)OCc2ccccc2)cc1C.Cc1ccc(CCCO)cc1C.Cc1ccc(CCCOP2(=O)OCCO2)cc1C.O=C(O)CCc1ccc(O)c(O)c1.O=P1(Cl)OCCO1. The maximum atomic E-state index is 12.0.